The van der Waals surface area contributed by atoms with Gasteiger partial charge in [-0.25, -0.2) is 4.39 Å². The van der Waals surface area contributed by atoms with Crippen LogP contribution in [0.25, 0.3) is 6.08 Å². The minimum Gasteiger partial charge on any atom is -0.490 e. The molecule has 4 rings (SSSR count). The van der Waals surface area contributed by atoms with Gasteiger partial charge < -0.3 is 9.47 Å². The molecule has 1 heterocycles. The molecule has 33 heavy (non-hydrogen) atoms. The predicted octanol–water partition coefficient (Wildman–Crippen LogP) is 6.21. The summed E-state index contributed by atoms with van der Waals surface area (Å²) in [7, 11) is 0. The molecule has 0 fully saturated rings. The smallest absolute Gasteiger partial charge is 0.280 e. The number of hydrogen-bond acceptors (Lipinski definition) is 4. The van der Waals surface area contributed by atoms with Crippen LogP contribution in [0.5, 0.6) is 11.5 Å². The molecule has 5 nitrogen and oxygen atoms in total. The van der Waals surface area contributed by atoms with Crippen LogP contribution in [0.15, 0.2) is 77.4 Å². The number of carbonyl (C=O) groups excluding carboxylic acids is 1. The predicted molar refractivity (Wildman–Crippen MR) is 136 cm³/mol. The molecule has 0 saturated heterocycles. The lowest BCUT2D eigenvalue weighted by molar-refractivity contribution is -0.114. The van der Waals surface area contributed by atoms with E-state index in [4.69, 9.17) is 9.47 Å². The van der Waals surface area contributed by atoms with Gasteiger partial charge in [-0.3, -0.25) is 4.79 Å². The maximum absolute atomic E-state index is 13.2. The molecular weight excluding hydrogens is 534 g/mol. The molecule has 3 aromatic carbocycles. The average Bonchev–Trinajstić information content (AvgIpc) is 3.09. The number of para-hydroxylation sites is 1. The minimum absolute atomic E-state index is 0.177. The highest BCUT2D eigenvalue weighted by molar-refractivity contribution is 14.1. The van der Waals surface area contributed by atoms with E-state index in [0.717, 1.165) is 20.4 Å². The van der Waals surface area contributed by atoms with Gasteiger partial charge in [0.15, 0.2) is 11.5 Å². The van der Waals surface area contributed by atoms with E-state index in [1.165, 1.54) is 17.1 Å². The van der Waals surface area contributed by atoms with Crippen LogP contribution in [-0.2, 0) is 11.4 Å². The fourth-order valence-electron chi connectivity index (χ4n) is 3.41. The highest BCUT2D eigenvalue weighted by Gasteiger charge is 2.28. The van der Waals surface area contributed by atoms with E-state index >= 15 is 0 Å². The van der Waals surface area contributed by atoms with E-state index < -0.39 is 0 Å². The topological polar surface area (TPSA) is 51.1 Å². The number of carbonyl (C=O) groups is 1. The fourth-order valence-corrected chi connectivity index (χ4v) is 4.19. The Morgan fingerprint density at radius 2 is 1.79 bits per heavy atom. The Morgan fingerprint density at radius 3 is 2.48 bits per heavy atom. The van der Waals surface area contributed by atoms with Crippen molar-refractivity contribution in [2.75, 3.05) is 11.6 Å². The van der Waals surface area contributed by atoms with Crippen molar-refractivity contribution in [3.8, 4) is 11.5 Å². The molecule has 1 aliphatic heterocycles. The number of ether oxygens (including phenoxy) is 2. The molecule has 1 aliphatic rings. The molecule has 1 amide bonds. The summed E-state index contributed by atoms with van der Waals surface area (Å²) in [6, 6.07) is 19.3. The van der Waals surface area contributed by atoms with Crippen LogP contribution in [0, 0.1) is 9.39 Å². The van der Waals surface area contributed by atoms with Crippen molar-refractivity contribution < 1.29 is 18.7 Å². The molecule has 0 saturated carbocycles. The number of halogens is 2. The van der Waals surface area contributed by atoms with Gasteiger partial charge in [-0.2, -0.15) is 10.1 Å². The van der Waals surface area contributed by atoms with Gasteiger partial charge in [0.25, 0.3) is 5.91 Å². The van der Waals surface area contributed by atoms with Crippen molar-refractivity contribution in [3.05, 3.63) is 92.8 Å². The highest BCUT2D eigenvalue weighted by atomic mass is 127. The second-order valence-corrected chi connectivity index (χ2v) is 8.54. The van der Waals surface area contributed by atoms with Gasteiger partial charge in [-0.1, -0.05) is 30.3 Å². The highest BCUT2D eigenvalue weighted by Crippen LogP contribution is 2.36. The standard InChI is InChI=1S/C26H22FIN2O3/c1-3-32-24-15-19(14-23(28)25(24)33-16-18-9-11-20(27)12-10-18)13-22-17(2)29-30(26(22)31)21-7-5-4-6-8-21/h4-15H,3,16H2,1-2H3/b22-13+. The number of amides is 1. The number of benzene rings is 3. The molecule has 0 aliphatic carbocycles. The Morgan fingerprint density at radius 1 is 1.06 bits per heavy atom. The number of hydrazone groups is 1. The number of rotatable bonds is 7. The van der Waals surface area contributed by atoms with E-state index in [1.54, 1.807) is 12.1 Å². The SMILES string of the molecule is CCOc1cc(/C=C2/C(=O)N(c3ccccc3)N=C2C)cc(I)c1OCc1ccc(F)cc1. The van der Waals surface area contributed by atoms with Crippen LogP contribution in [0.3, 0.4) is 0 Å². The molecule has 7 heteroatoms. The normalized spacial score (nSPS) is 14.5. The summed E-state index contributed by atoms with van der Waals surface area (Å²) in [6.45, 7) is 4.47. The molecular formula is C26H22FIN2O3. The third-order valence-electron chi connectivity index (χ3n) is 5.00. The van der Waals surface area contributed by atoms with E-state index in [9.17, 15) is 9.18 Å². The summed E-state index contributed by atoms with van der Waals surface area (Å²) in [5.41, 5.74) is 3.56. The average molecular weight is 556 g/mol. The summed E-state index contributed by atoms with van der Waals surface area (Å²) in [5, 5.41) is 5.85. The fraction of sp³-hybridized carbons (Fsp3) is 0.154. The quantitative estimate of drug-likeness (QED) is 0.257. The molecule has 0 unspecified atom stereocenters. The second-order valence-electron chi connectivity index (χ2n) is 7.37. The number of anilines is 1. The van der Waals surface area contributed by atoms with Crippen LogP contribution in [0.4, 0.5) is 10.1 Å². The van der Waals surface area contributed by atoms with Gasteiger partial charge in [0.2, 0.25) is 0 Å². The first-order chi connectivity index (χ1) is 16.0. The summed E-state index contributed by atoms with van der Waals surface area (Å²) >= 11 is 2.19. The molecule has 0 spiro atoms. The summed E-state index contributed by atoms with van der Waals surface area (Å²) in [4.78, 5) is 13.0. The summed E-state index contributed by atoms with van der Waals surface area (Å²) in [6.07, 6.45) is 1.82. The van der Waals surface area contributed by atoms with Crippen molar-refractivity contribution in [2.45, 2.75) is 20.5 Å². The lowest BCUT2D eigenvalue weighted by atomic mass is 10.1. The van der Waals surface area contributed by atoms with Crippen LogP contribution in [-0.4, -0.2) is 18.2 Å². The third-order valence-corrected chi connectivity index (χ3v) is 5.80. The van der Waals surface area contributed by atoms with Crippen LogP contribution >= 0.6 is 22.6 Å². The molecule has 3 aromatic rings. The van der Waals surface area contributed by atoms with Crippen molar-refractivity contribution in [1.82, 2.24) is 0 Å². The first-order valence-electron chi connectivity index (χ1n) is 10.5. The Bertz CT molecular complexity index is 1220. The largest absolute Gasteiger partial charge is 0.490 e. The Labute approximate surface area is 205 Å². The van der Waals surface area contributed by atoms with Gasteiger partial charge in [-0.15, -0.1) is 0 Å². The Balaban J connectivity index is 1.60. The van der Waals surface area contributed by atoms with Gasteiger partial charge in [0.05, 0.1) is 27.1 Å². The zero-order valence-corrected chi connectivity index (χ0v) is 20.4. The summed E-state index contributed by atoms with van der Waals surface area (Å²) < 4.78 is 25.8. The minimum atomic E-state index is -0.285. The van der Waals surface area contributed by atoms with E-state index in [1.807, 2.05) is 62.4 Å². The van der Waals surface area contributed by atoms with Gasteiger partial charge in [0, 0.05) is 0 Å². The summed E-state index contributed by atoms with van der Waals surface area (Å²) in [5.74, 6) is 0.728. The van der Waals surface area contributed by atoms with E-state index in [0.29, 0.717) is 29.4 Å². The first-order valence-corrected chi connectivity index (χ1v) is 11.5. The first kappa shape index (κ1) is 23.0. The van der Waals surface area contributed by atoms with E-state index in [2.05, 4.69) is 27.7 Å². The Kier molecular flexibility index (Phi) is 7.08. The molecule has 0 bridgehead atoms. The molecule has 0 N–H and O–H groups in total. The molecule has 0 radical (unpaired) electrons. The van der Waals surface area contributed by atoms with Crippen molar-refractivity contribution in [2.24, 2.45) is 5.10 Å². The maximum Gasteiger partial charge on any atom is 0.280 e. The number of hydrogen-bond donors (Lipinski definition) is 0. The third kappa shape index (κ3) is 5.24. The maximum atomic E-state index is 13.2. The zero-order valence-electron chi connectivity index (χ0n) is 18.2. The molecule has 0 atom stereocenters. The van der Waals surface area contributed by atoms with Gasteiger partial charge in [-0.05, 0) is 90.0 Å². The monoisotopic (exact) mass is 556 g/mol. The van der Waals surface area contributed by atoms with Crippen LogP contribution in [0.1, 0.15) is 25.0 Å². The van der Waals surface area contributed by atoms with Crippen molar-refractivity contribution in [3.63, 3.8) is 0 Å². The Hall–Kier alpha value is -3.20. The number of nitrogens with zero attached hydrogens (tertiary/aromatic N) is 2. The van der Waals surface area contributed by atoms with Crippen molar-refractivity contribution >= 4 is 46.0 Å². The van der Waals surface area contributed by atoms with Crippen molar-refractivity contribution in [1.29, 1.82) is 0 Å². The second kappa shape index (κ2) is 10.2. The van der Waals surface area contributed by atoms with Gasteiger partial charge in [0.1, 0.15) is 12.4 Å². The lowest BCUT2D eigenvalue weighted by Gasteiger charge is -2.15. The molecule has 0 aromatic heterocycles. The van der Waals surface area contributed by atoms with Crippen LogP contribution < -0.4 is 14.5 Å². The zero-order chi connectivity index (χ0) is 23.4. The van der Waals surface area contributed by atoms with E-state index in [-0.39, 0.29) is 18.3 Å². The van der Waals surface area contributed by atoms with Gasteiger partial charge >= 0.3 is 0 Å². The van der Waals surface area contributed by atoms with Crippen LogP contribution in [0.2, 0.25) is 0 Å². The lowest BCUT2D eigenvalue weighted by Crippen LogP contribution is -2.21. The molecule has 168 valence electrons.